The Bertz CT molecular complexity index is 1120. The summed E-state index contributed by atoms with van der Waals surface area (Å²) in [5.41, 5.74) is -0.292. The molecular formula is C19H19FN4O3S. The number of benzene rings is 1. The van der Waals surface area contributed by atoms with Gasteiger partial charge in [0.25, 0.3) is 11.5 Å². The lowest BCUT2D eigenvalue weighted by atomic mass is 10.2. The molecule has 0 spiro atoms. The van der Waals surface area contributed by atoms with Crippen LogP contribution >= 0.6 is 11.5 Å². The van der Waals surface area contributed by atoms with Crippen molar-refractivity contribution in [2.24, 2.45) is 0 Å². The number of carbonyl (C=O) groups excluding carboxylic acids is 1. The second-order valence-electron chi connectivity index (χ2n) is 6.89. The molecule has 0 unspecified atom stereocenters. The maximum atomic E-state index is 13.1. The largest absolute Gasteiger partial charge is 0.338 e. The lowest BCUT2D eigenvalue weighted by Crippen LogP contribution is -2.36. The van der Waals surface area contributed by atoms with Gasteiger partial charge in [-0.25, -0.2) is 9.18 Å². The quantitative estimate of drug-likeness (QED) is 0.728. The maximum absolute atomic E-state index is 13.1. The van der Waals surface area contributed by atoms with Crippen LogP contribution in [0, 0.1) is 5.82 Å². The summed E-state index contributed by atoms with van der Waals surface area (Å²) >= 11 is 0.937. The van der Waals surface area contributed by atoms with E-state index in [1.54, 1.807) is 4.90 Å². The van der Waals surface area contributed by atoms with Gasteiger partial charge in [-0.2, -0.15) is 4.37 Å². The lowest BCUT2D eigenvalue weighted by molar-refractivity contribution is 0.0768. The fourth-order valence-corrected chi connectivity index (χ4v) is 4.22. The molecule has 1 aromatic carbocycles. The van der Waals surface area contributed by atoms with E-state index in [4.69, 9.17) is 0 Å². The van der Waals surface area contributed by atoms with Gasteiger partial charge in [0, 0.05) is 13.1 Å². The van der Waals surface area contributed by atoms with Crippen molar-refractivity contribution in [3.05, 3.63) is 61.4 Å². The van der Waals surface area contributed by atoms with E-state index in [0.717, 1.165) is 41.8 Å². The fourth-order valence-electron chi connectivity index (χ4n) is 3.43. The van der Waals surface area contributed by atoms with Crippen LogP contribution in [0.25, 0.3) is 11.0 Å². The molecular weight excluding hydrogens is 383 g/mol. The molecule has 0 bridgehead atoms. The highest BCUT2D eigenvalue weighted by Crippen LogP contribution is 2.21. The number of likely N-dealkylation sites (tertiary alicyclic amines) is 1. The fraction of sp³-hybridized carbons (Fsp3) is 0.368. The molecule has 1 N–H and O–H groups in total. The predicted octanol–water partition coefficient (Wildman–Crippen LogP) is 2.35. The zero-order chi connectivity index (χ0) is 19.7. The molecule has 2 aromatic heterocycles. The number of halogens is 1. The minimum atomic E-state index is -0.619. The average molecular weight is 402 g/mol. The first-order valence-corrected chi connectivity index (χ1v) is 9.98. The van der Waals surface area contributed by atoms with E-state index in [0.29, 0.717) is 23.5 Å². The van der Waals surface area contributed by atoms with Gasteiger partial charge < -0.3 is 9.88 Å². The summed E-state index contributed by atoms with van der Waals surface area (Å²) in [7, 11) is 0. The van der Waals surface area contributed by atoms with E-state index in [-0.39, 0.29) is 23.5 Å². The Labute approximate surface area is 163 Å². The molecule has 1 saturated heterocycles. The van der Waals surface area contributed by atoms with E-state index >= 15 is 0 Å². The Morgan fingerprint density at radius 3 is 2.46 bits per heavy atom. The summed E-state index contributed by atoms with van der Waals surface area (Å²) in [6.07, 6.45) is 4.09. The first-order valence-electron chi connectivity index (χ1n) is 9.21. The minimum absolute atomic E-state index is 0.00266. The number of nitrogens with zero attached hydrogens (tertiary/aromatic N) is 3. The number of hydrogen-bond donors (Lipinski definition) is 1. The molecule has 1 fully saturated rings. The maximum Gasteiger partial charge on any atom is 0.329 e. The molecule has 3 heterocycles. The standard InChI is InChI=1S/C19H19FN4O3S/c20-13-7-5-12(6-8-13)11-24-17(25)15-14(21-19(24)27)16(28-22-15)18(26)23-9-3-1-2-4-10-23/h5-8H,1-4,9-11H2,(H,21,27). The van der Waals surface area contributed by atoms with Crippen LogP contribution in [0.3, 0.4) is 0 Å². The van der Waals surface area contributed by atoms with E-state index in [9.17, 15) is 18.8 Å². The number of hydrogen-bond acceptors (Lipinski definition) is 5. The highest BCUT2D eigenvalue weighted by Gasteiger charge is 2.24. The van der Waals surface area contributed by atoms with Crippen molar-refractivity contribution in [1.82, 2.24) is 18.8 Å². The Kier molecular flexibility index (Phi) is 5.08. The zero-order valence-electron chi connectivity index (χ0n) is 15.1. The first kappa shape index (κ1) is 18.5. The van der Waals surface area contributed by atoms with Crippen LogP contribution in [0.4, 0.5) is 4.39 Å². The number of rotatable bonds is 3. The number of H-pyrrole nitrogens is 1. The van der Waals surface area contributed by atoms with Crippen LogP contribution in [0.1, 0.15) is 40.9 Å². The number of carbonyl (C=O) groups is 1. The molecule has 1 aliphatic heterocycles. The van der Waals surface area contributed by atoms with Crippen LogP contribution in [-0.2, 0) is 6.54 Å². The van der Waals surface area contributed by atoms with Crippen LogP contribution in [0.15, 0.2) is 33.9 Å². The summed E-state index contributed by atoms with van der Waals surface area (Å²) in [6.45, 7) is 1.34. The highest BCUT2D eigenvalue weighted by atomic mass is 32.1. The molecule has 0 aliphatic carbocycles. The third kappa shape index (κ3) is 3.49. The number of fused-ring (bicyclic) bond motifs is 1. The normalized spacial score (nSPS) is 15.0. The molecule has 9 heteroatoms. The van der Waals surface area contributed by atoms with Gasteiger partial charge in [-0.3, -0.25) is 14.2 Å². The van der Waals surface area contributed by atoms with Crippen molar-refractivity contribution in [2.75, 3.05) is 13.1 Å². The first-order chi connectivity index (χ1) is 13.5. The van der Waals surface area contributed by atoms with Gasteiger partial charge in [-0.15, -0.1) is 0 Å². The van der Waals surface area contributed by atoms with Crippen LogP contribution in [0.2, 0.25) is 0 Å². The van der Waals surface area contributed by atoms with Crippen LogP contribution in [0.5, 0.6) is 0 Å². The summed E-state index contributed by atoms with van der Waals surface area (Å²) < 4.78 is 18.2. The molecule has 146 valence electrons. The second-order valence-corrected chi connectivity index (χ2v) is 7.66. The van der Waals surface area contributed by atoms with Gasteiger partial charge in [0.05, 0.1) is 12.1 Å². The molecule has 0 atom stereocenters. The number of amides is 1. The molecule has 4 rings (SSSR count). The summed E-state index contributed by atoms with van der Waals surface area (Å²) in [5, 5.41) is 0. The number of aromatic nitrogens is 3. The second kappa shape index (κ2) is 7.67. The van der Waals surface area contributed by atoms with Gasteiger partial charge in [0.15, 0.2) is 5.52 Å². The van der Waals surface area contributed by atoms with E-state index in [2.05, 4.69) is 9.36 Å². The molecule has 3 aromatic rings. The van der Waals surface area contributed by atoms with Gasteiger partial charge in [-0.05, 0) is 42.1 Å². The highest BCUT2D eigenvalue weighted by molar-refractivity contribution is 7.09. The zero-order valence-corrected chi connectivity index (χ0v) is 15.9. The molecule has 28 heavy (non-hydrogen) atoms. The van der Waals surface area contributed by atoms with Crippen LogP contribution < -0.4 is 11.2 Å². The number of nitrogens with one attached hydrogen (secondary N) is 1. The van der Waals surface area contributed by atoms with Crippen molar-refractivity contribution in [3.8, 4) is 0 Å². The van der Waals surface area contributed by atoms with Crippen molar-refractivity contribution in [1.29, 1.82) is 0 Å². The van der Waals surface area contributed by atoms with Crippen molar-refractivity contribution in [3.63, 3.8) is 0 Å². The average Bonchev–Trinajstić information content (AvgIpc) is 2.92. The molecule has 1 amide bonds. The topological polar surface area (TPSA) is 88.1 Å². The molecule has 0 saturated carbocycles. The van der Waals surface area contributed by atoms with Gasteiger partial charge >= 0.3 is 5.69 Å². The summed E-state index contributed by atoms with van der Waals surface area (Å²) in [4.78, 5) is 42.9. The third-order valence-electron chi connectivity index (χ3n) is 4.96. The SMILES string of the molecule is O=C(c1snc2c(=O)n(Cc3ccc(F)cc3)c(=O)[nH]c12)N1CCCCCC1. The number of aromatic amines is 1. The van der Waals surface area contributed by atoms with Crippen LogP contribution in [-0.4, -0.2) is 37.8 Å². The smallest absolute Gasteiger partial charge is 0.329 e. The monoisotopic (exact) mass is 402 g/mol. The lowest BCUT2D eigenvalue weighted by Gasteiger charge is -2.19. The van der Waals surface area contributed by atoms with Gasteiger partial charge in [-0.1, -0.05) is 25.0 Å². The predicted molar refractivity (Wildman–Crippen MR) is 104 cm³/mol. The summed E-state index contributed by atoms with van der Waals surface area (Å²) in [5.74, 6) is -0.586. The third-order valence-corrected chi connectivity index (χ3v) is 5.79. The molecule has 0 radical (unpaired) electrons. The Balaban J connectivity index is 1.71. The Morgan fingerprint density at radius 2 is 1.79 bits per heavy atom. The van der Waals surface area contributed by atoms with E-state index in [1.165, 1.54) is 24.3 Å². The molecule has 7 nitrogen and oxygen atoms in total. The minimum Gasteiger partial charge on any atom is -0.338 e. The van der Waals surface area contributed by atoms with Crippen molar-refractivity contribution < 1.29 is 9.18 Å². The van der Waals surface area contributed by atoms with E-state index < -0.39 is 17.1 Å². The summed E-state index contributed by atoms with van der Waals surface area (Å²) in [6, 6.07) is 5.57. The van der Waals surface area contributed by atoms with Crippen molar-refractivity contribution in [2.45, 2.75) is 32.2 Å². The van der Waals surface area contributed by atoms with Gasteiger partial charge in [0.2, 0.25) is 0 Å². The van der Waals surface area contributed by atoms with Gasteiger partial charge in [0.1, 0.15) is 10.7 Å². The molecule has 1 aliphatic rings. The van der Waals surface area contributed by atoms with E-state index in [1.807, 2.05) is 0 Å². The van der Waals surface area contributed by atoms with Crippen molar-refractivity contribution >= 4 is 28.5 Å². The Hall–Kier alpha value is -2.81. The Morgan fingerprint density at radius 1 is 1.11 bits per heavy atom.